The molecule has 0 bridgehead atoms. The van der Waals surface area contributed by atoms with E-state index in [4.69, 9.17) is 0 Å². The number of imidazole rings is 1. The molecule has 0 saturated heterocycles. The number of anilines is 1. The molecule has 0 radical (unpaired) electrons. The van der Waals surface area contributed by atoms with Crippen molar-refractivity contribution in [2.45, 2.75) is 45.3 Å². The largest absolute Gasteiger partial charge is 0.392 e. The zero-order chi connectivity index (χ0) is 20.4. The third kappa shape index (κ3) is 3.93. The van der Waals surface area contributed by atoms with Crippen molar-refractivity contribution in [1.29, 1.82) is 0 Å². The molecule has 1 fully saturated rings. The van der Waals surface area contributed by atoms with E-state index in [1.807, 2.05) is 36.4 Å². The van der Waals surface area contributed by atoms with Crippen molar-refractivity contribution >= 4 is 28.7 Å². The van der Waals surface area contributed by atoms with E-state index >= 15 is 0 Å². The molecule has 0 spiro atoms. The maximum absolute atomic E-state index is 12.7. The molecular formula is C23H25N3O3. The van der Waals surface area contributed by atoms with Gasteiger partial charge in [-0.3, -0.25) is 14.9 Å². The molecule has 3 aromatic rings. The van der Waals surface area contributed by atoms with Crippen LogP contribution in [0.1, 0.15) is 54.6 Å². The zero-order valence-electron chi connectivity index (χ0n) is 16.5. The maximum Gasteiger partial charge on any atom is 0.257 e. The van der Waals surface area contributed by atoms with E-state index in [9.17, 15) is 14.7 Å². The summed E-state index contributed by atoms with van der Waals surface area (Å²) < 4.78 is 2.08. The fourth-order valence-electron chi connectivity index (χ4n) is 4.20. The number of hydrogen-bond acceptors (Lipinski definition) is 4. The number of aliphatic hydroxyl groups is 1. The van der Waals surface area contributed by atoms with Crippen LogP contribution >= 0.6 is 0 Å². The summed E-state index contributed by atoms with van der Waals surface area (Å²) in [4.78, 5) is 29.2. The number of amides is 1. The van der Waals surface area contributed by atoms with E-state index in [1.165, 1.54) is 0 Å². The van der Waals surface area contributed by atoms with Crippen LogP contribution in [0.25, 0.3) is 11.0 Å². The van der Waals surface area contributed by atoms with Crippen LogP contribution in [0.5, 0.6) is 0 Å². The maximum atomic E-state index is 12.7. The average Bonchev–Trinajstić information content (AvgIpc) is 3.11. The van der Waals surface area contributed by atoms with E-state index in [2.05, 4.69) is 14.9 Å². The topological polar surface area (TPSA) is 84.2 Å². The minimum absolute atomic E-state index is 0.0517. The minimum atomic E-state index is -0.207. The fourth-order valence-corrected chi connectivity index (χ4v) is 4.20. The minimum Gasteiger partial charge on any atom is -0.392 e. The van der Waals surface area contributed by atoms with Gasteiger partial charge in [0.15, 0.2) is 0 Å². The Morgan fingerprint density at radius 2 is 1.83 bits per heavy atom. The molecule has 6 heteroatoms. The number of hydrogen-bond donors (Lipinski definition) is 2. The van der Waals surface area contributed by atoms with Crippen molar-refractivity contribution in [3.8, 4) is 0 Å². The fraction of sp³-hybridized carbons (Fsp3) is 0.348. The molecule has 0 atom stereocenters. The highest BCUT2D eigenvalue weighted by molar-refractivity contribution is 6.04. The molecule has 1 aliphatic carbocycles. The SMILES string of the molecule is CC(=O)C1CCC(n2c(NC(=O)c3ccccc3)nc3ccc(CO)cc32)CC1. The summed E-state index contributed by atoms with van der Waals surface area (Å²) in [5.41, 5.74) is 3.05. The van der Waals surface area contributed by atoms with Gasteiger partial charge >= 0.3 is 0 Å². The quantitative estimate of drug-likeness (QED) is 0.686. The lowest BCUT2D eigenvalue weighted by atomic mass is 9.84. The summed E-state index contributed by atoms with van der Waals surface area (Å²) in [5.74, 6) is 0.674. The number of aliphatic hydroxyl groups excluding tert-OH is 1. The van der Waals surface area contributed by atoms with E-state index < -0.39 is 0 Å². The number of nitrogens with zero attached hydrogens (tertiary/aromatic N) is 2. The molecule has 29 heavy (non-hydrogen) atoms. The van der Waals surface area contributed by atoms with Crippen LogP contribution in [0.4, 0.5) is 5.95 Å². The number of carbonyl (C=O) groups is 2. The normalized spacial score (nSPS) is 19.2. The van der Waals surface area contributed by atoms with Crippen molar-refractivity contribution in [2.75, 3.05) is 5.32 Å². The van der Waals surface area contributed by atoms with Crippen LogP contribution in [0.2, 0.25) is 0 Å². The predicted molar refractivity (Wildman–Crippen MR) is 112 cm³/mol. The van der Waals surface area contributed by atoms with Crippen LogP contribution in [0, 0.1) is 5.92 Å². The van der Waals surface area contributed by atoms with Crippen LogP contribution in [-0.4, -0.2) is 26.3 Å². The molecule has 1 saturated carbocycles. The standard InChI is InChI=1S/C23H25N3O3/c1-15(28)17-8-10-19(11-9-17)26-21-13-16(14-27)7-12-20(21)24-23(26)25-22(29)18-5-3-2-4-6-18/h2-7,12-13,17,19,27H,8-11,14H2,1H3,(H,24,25,29). The monoisotopic (exact) mass is 391 g/mol. The molecular weight excluding hydrogens is 366 g/mol. The van der Waals surface area contributed by atoms with Gasteiger partial charge in [-0.2, -0.15) is 0 Å². The van der Waals surface area contributed by atoms with Crippen LogP contribution < -0.4 is 5.32 Å². The van der Waals surface area contributed by atoms with Gasteiger partial charge in [0, 0.05) is 17.5 Å². The molecule has 0 aliphatic heterocycles. The molecule has 0 unspecified atom stereocenters. The Hall–Kier alpha value is -2.99. The number of Topliss-reactive ketones (excluding diaryl/α,β-unsaturated/α-hetero) is 1. The van der Waals surface area contributed by atoms with Gasteiger partial charge in [-0.15, -0.1) is 0 Å². The van der Waals surface area contributed by atoms with Gasteiger partial charge < -0.3 is 9.67 Å². The molecule has 2 aromatic carbocycles. The van der Waals surface area contributed by atoms with Crippen molar-refractivity contribution in [2.24, 2.45) is 5.92 Å². The lowest BCUT2D eigenvalue weighted by Crippen LogP contribution is -2.24. The Morgan fingerprint density at radius 1 is 1.10 bits per heavy atom. The molecule has 1 heterocycles. The Morgan fingerprint density at radius 3 is 2.48 bits per heavy atom. The summed E-state index contributed by atoms with van der Waals surface area (Å²) in [7, 11) is 0. The second-order valence-corrected chi connectivity index (χ2v) is 7.72. The number of rotatable bonds is 5. The Labute approximate surface area is 169 Å². The predicted octanol–water partition coefficient (Wildman–Crippen LogP) is 4.10. The third-order valence-corrected chi connectivity index (χ3v) is 5.83. The number of fused-ring (bicyclic) bond motifs is 1. The lowest BCUT2D eigenvalue weighted by molar-refractivity contribution is -0.121. The van der Waals surface area contributed by atoms with Gasteiger partial charge in [-0.1, -0.05) is 24.3 Å². The van der Waals surface area contributed by atoms with E-state index in [0.717, 1.165) is 42.3 Å². The molecule has 2 N–H and O–H groups in total. The summed E-state index contributed by atoms with van der Waals surface area (Å²) in [6.45, 7) is 1.61. The van der Waals surface area contributed by atoms with Crippen molar-refractivity contribution < 1.29 is 14.7 Å². The summed E-state index contributed by atoms with van der Waals surface area (Å²) >= 11 is 0. The smallest absolute Gasteiger partial charge is 0.257 e. The summed E-state index contributed by atoms with van der Waals surface area (Å²) in [6.07, 6.45) is 3.39. The van der Waals surface area contributed by atoms with Gasteiger partial charge in [-0.05, 0) is 62.4 Å². The van der Waals surface area contributed by atoms with Crippen molar-refractivity contribution in [1.82, 2.24) is 9.55 Å². The second-order valence-electron chi connectivity index (χ2n) is 7.72. The third-order valence-electron chi connectivity index (χ3n) is 5.83. The van der Waals surface area contributed by atoms with Gasteiger partial charge in [0.1, 0.15) is 5.78 Å². The zero-order valence-corrected chi connectivity index (χ0v) is 16.5. The number of carbonyl (C=O) groups excluding carboxylic acids is 2. The Kier molecular flexibility index (Phi) is 5.45. The molecule has 1 amide bonds. The van der Waals surface area contributed by atoms with Gasteiger partial charge in [0.05, 0.1) is 17.6 Å². The summed E-state index contributed by atoms with van der Waals surface area (Å²) in [5, 5.41) is 12.5. The van der Waals surface area contributed by atoms with Gasteiger partial charge in [-0.25, -0.2) is 4.98 Å². The highest BCUT2D eigenvalue weighted by Gasteiger charge is 2.28. The second kappa shape index (κ2) is 8.17. The number of nitrogens with one attached hydrogen (secondary N) is 1. The molecule has 150 valence electrons. The molecule has 4 rings (SSSR count). The lowest BCUT2D eigenvalue weighted by Gasteiger charge is -2.29. The van der Waals surface area contributed by atoms with E-state index in [-0.39, 0.29) is 30.3 Å². The highest BCUT2D eigenvalue weighted by atomic mass is 16.3. The first-order valence-electron chi connectivity index (χ1n) is 10.1. The van der Waals surface area contributed by atoms with Gasteiger partial charge in [0.2, 0.25) is 5.95 Å². The first kappa shape index (κ1) is 19.3. The summed E-state index contributed by atoms with van der Waals surface area (Å²) in [6, 6.07) is 14.9. The molecule has 1 aromatic heterocycles. The van der Waals surface area contributed by atoms with E-state index in [0.29, 0.717) is 11.5 Å². The van der Waals surface area contributed by atoms with Crippen LogP contribution in [0.15, 0.2) is 48.5 Å². The highest BCUT2D eigenvalue weighted by Crippen LogP contribution is 2.37. The number of aromatic nitrogens is 2. The first-order chi connectivity index (χ1) is 14.1. The van der Waals surface area contributed by atoms with Crippen LogP contribution in [0.3, 0.4) is 0 Å². The molecule has 1 aliphatic rings. The van der Waals surface area contributed by atoms with Crippen molar-refractivity contribution in [3.05, 3.63) is 59.7 Å². The first-order valence-corrected chi connectivity index (χ1v) is 10.1. The van der Waals surface area contributed by atoms with Crippen LogP contribution in [-0.2, 0) is 11.4 Å². The Balaban J connectivity index is 1.71. The van der Waals surface area contributed by atoms with E-state index in [1.54, 1.807) is 19.1 Å². The van der Waals surface area contributed by atoms with Crippen molar-refractivity contribution in [3.63, 3.8) is 0 Å². The molecule has 6 nitrogen and oxygen atoms in total. The average molecular weight is 391 g/mol. The number of benzene rings is 2. The Bertz CT molecular complexity index is 1030. The van der Waals surface area contributed by atoms with Gasteiger partial charge in [0.25, 0.3) is 5.91 Å². The number of ketones is 1.